The summed E-state index contributed by atoms with van der Waals surface area (Å²) < 4.78 is 5.01. The average molecular weight is 317 g/mol. The number of likely N-dealkylation sites (tertiary alicyclic amines) is 1. The molecular formula is C18H23NO4. The third kappa shape index (κ3) is 1.88. The summed E-state index contributed by atoms with van der Waals surface area (Å²) in [6.07, 6.45) is 10.3. The Morgan fingerprint density at radius 3 is 2.52 bits per heavy atom. The highest BCUT2D eigenvalue weighted by atomic mass is 16.5. The molecule has 5 nitrogen and oxygen atoms in total. The summed E-state index contributed by atoms with van der Waals surface area (Å²) >= 11 is 0. The van der Waals surface area contributed by atoms with Crippen LogP contribution >= 0.6 is 0 Å². The lowest BCUT2D eigenvalue weighted by Gasteiger charge is -2.45. The fourth-order valence-corrected chi connectivity index (χ4v) is 5.31. The first-order chi connectivity index (χ1) is 11.1. The number of ether oxygens (including phenoxy) is 1. The Hall–Kier alpha value is -1.65. The Balaban J connectivity index is 1.73. The van der Waals surface area contributed by atoms with Crippen LogP contribution in [0.5, 0.6) is 0 Å². The summed E-state index contributed by atoms with van der Waals surface area (Å²) in [5.41, 5.74) is -0.926. The molecule has 0 aromatic carbocycles. The molecule has 3 fully saturated rings. The minimum absolute atomic E-state index is 0.0310. The summed E-state index contributed by atoms with van der Waals surface area (Å²) in [5, 5.41) is 0. The van der Waals surface area contributed by atoms with Crippen LogP contribution in [0.1, 0.15) is 44.9 Å². The highest BCUT2D eigenvalue weighted by Crippen LogP contribution is 2.57. The third-order valence-electron chi connectivity index (χ3n) is 6.44. The standard InChI is InChI=1S/C18H23NO4/c1-23-17(22)18-9-7-11(8-10-18)13-14(18)16(21)19(15(13)20)12-5-3-2-4-6-12/h7,9,11-14H,2-6,8,10H2,1H3/t11-,13+,14-,18-/m0/s1. The van der Waals surface area contributed by atoms with Crippen molar-refractivity contribution in [3.8, 4) is 0 Å². The van der Waals surface area contributed by atoms with Crippen molar-refractivity contribution in [2.75, 3.05) is 7.11 Å². The molecule has 1 saturated heterocycles. The zero-order chi connectivity index (χ0) is 16.2. The van der Waals surface area contributed by atoms with E-state index >= 15 is 0 Å². The number of hydrogen-bond donors (Lipinski definition) is 0. The maximum absolute atomic E-state index is 13.1. The second-order valence-corrected chi connectivity index (χ2v) is 7.44. The van der Waals surface area contributed by atoms with Crippen molar-refractivity contribution >= 4 is 17.8 Å². The van der Waals surface area contributed by atoms with Gasteiger partial charge in [-0.25, -0.2) is 0 Å². The van der Waals surface area contributed by atoms with E-state index in [2.05, 4.69) is 0 Å². The van der Waals surface area contributed by atoms with Gasteiger partial charge < -0.3 is 4.74 Å². The lowest BCUT2D eigenvalue weighted by Crippen LogP contribution is -2.51. The Kier molecular flexibility index (Phi) is 3.36. The Morgan fingerprint density at radius 1 is 1.17 bits per heavy atom. The average Bonchev–Trinajstić information content (AvgIpc) is 2.89. The molecule has 2 saturated carbocycles. The highest BCUT2D eigenvalue weighted by molar-refractivity contribution is 6.09. The molecule has 124 valence electrons. The number of esters is 1. The molecular weight excluding hydrogens is 294 g/mol. The van der Waals surface area contributed by atoms with Crippen LogP contribution in [0.3, 0.4) is 0 Å². The second-order valence-electron chi connectivity index (χ2n) is 7.44. The summed E-state index contributed by atoms with van der Waals surface area (Å²) in [5.74, 6) is -1.36. The van der Waals surface area contributed by atoms with Gasteiger partial charge in [0.05, 0.1) is 24.4 Å². The lowest BCUT2D eigenvalue weighted by atomic mass is 9.55. The van der Waals surface area contributed by atoms with Crippen molar-refractivity contribution in [1.82, 2.24) is 4.90 Å². The van der Waals surface area contributed by atoms with Gasteiger partial charge in [-0.15, -0.1) is 0 Å². The number of amides is 2. The van der Waals surface area contributed by atoms with Crippen LogP contribution in [-0.4, -0.2) is 35.8 Å². The third-order valence-corrected chi connectivity index (χ3v) is 6.44. The molecule has 5 rings (SSSR count). The minimum atomic E-state index is -0.926. The lowest BCUT2D eigenvalue weighted by molar-refractivity contribution is -0.161. The molecule has 0 aromatic rings. The Morgan fingerprint density at radius 2 is 1.91 bits per heavy atom. The first-order valence-electron chi connectivity index (χ1n) is 8.75. The SMILES string of the molecule is COC(=O)[C@@]12C=C[C@@H](CC1)[C@H]1C(=O)N(C3CCCCC3)C(=O)[C@H]12. The van der Waals surface area contributed by atoms with Crippen LogP contribution in [0.25, 0.3) is 0 Å². The van der Waals surface area contributed by atoms with Crippen LogP contribution in [0.4, 0.5) is 0 Å². The van der Waals surface area contributed by atoms with E-state index in [0.29, 0.717) is 6.42 Å². The molecule has 2 bridgehead atoms. The van der Waals surface area contributed by atoms with Crippen LogP contribution in [0.2, 0.25) is 0 Å². The Labute approximate surface area is 136 Å². The molecule has 23 heavy (non-hydrogen) atoms. The van der Waals surface area contributed by atoms with Crippen LogP contribution in [-0.2, 0) is 19.1 Å². The van der Waals surface area contributed by atoms with Gasteiger partial charge in [0.2, 0.25) is 11.8 Å². The predicted octanol–water partition coefficient (Wildman–Crippen LogP) is 2.06. The van der Waals surface area contributed by atoms with Gasteiger partial charge in [-0.2, -0.15) is 0 Å². The quantitative estimate of drug-likeness (QED) is 0.444. The Bertz CT molecular complexity index is 592. The minimum Gasteiger partial charge on any atom is -0.468 e. The molecule has 4 aliphatic carbocycles. The molecule has 0 N–H and O–H groups in total. The van der Waals surface area contributed by atoms with E-state index in [0.717, 1.165) is 32.1 Å². The number of carbonyl (C=O) groups is 3. The maximum atomic E-state index is 13.1. The smallest absolute Gasteiger partial charge is 0.316 e. The predicted molar refractivity (Wildman–Crippen MR) is 82.0 cm³/mol. The number of fused-ring (bicyclic) bond motifs is 1. The highest BCUT2D eigenvalue weighted by Gasteiger charge is 2.66. The largest absolute Gasteiger partial charge is 0.468 e. The number of carbonyl (C=O) groups excluding carboxylic acids is 3. The number of nitrogens with zero attached hydrogens (tertiary/aromatic N) is 1. The van der Waals surface area contributed by atoms with Gasteiger partial charge in [0.25, 0.3) is 0 Å². The van der Waals surface area contributed by atoms with E-state index in [1.807, 2.05) is 12.2 Å². The molecule has 2 amide bonds. The topological polar surface area (TPSA) is 63.7 Å². The summed E-state index contributed by atoms with van der Waals surface area (Å²) in [4.78, 5) is 40.1. The van der Waals surface area contributed by atoms with E-state index in [1.165, 1.54) is 18.4 Å². The fraction of sp³-hybridized carbons (Fsp3) is 0.722. The molecule has 5 aliphatic rings. The maximum Gasteiger partial charge on any atom is 0.316 e. The summed E-state index contributed by atoms with van der Waals surface area (Å²) in [6.45, 7) is 0. The number of hydrogen-bond acceptors (Lipinski definition) is 4. The molecule has 1 heterocycles. The second kappa shape index (κ2) is 5.18. The van der Waals surface area contributed by atoms with Crippen molar-refractivity contribution in [1.29, 1.82) is 0 Å². The molecule has 0 radical (unpaired) electrons. The van der Waals surface area contributed by atoms with Crippen molar-refractivity contribution < 1.29 is 19.1 Å². The number of methoxy groups -OCH3 is 1. The van der Waals surface area contributed by atoms with Gasteiger partial charge in [0, 0.05) is 6.04 Å². The van der Waals surface area contributed by atoms with Crippen LogP contribution in [0, 0.1) is 23.2 Å². The van der Waals surface area contributed by atoms with Gasteiger partial charge in [0.1, 0.15) is 0 Å². The van der Waals surface area contributed by atoms with Crippen molar-refractivity contribution in [3.63, 3.8) is 0 Å². The zero-order valence-corrected chi connectivity index (χ0v) is 13.5. The van der Waals surface area contributed by atoms with Crippen LogP contribution < -0.4 is 0 Å². The normalized spacial score (nSPS) is 39.7. The summed E-state index contributed by atoms with van der Waals surface area (Å²) in [7, 11) is 1.36. The molecule has 0 aromatic heterocycles. The van der Waals surface area contributed by atoms with Gasteiger partial charge in [0.15, 0.2) is 0 Å². The number of rotatable bonds is 2. The molecule has 0 unspecified atom stereocenters. The van der Waals surface area contributed by atoms with E-state index in [1.54, 1.807) is 0 Å². The molecule has 0 spiro atoms. The first-order valence-corrected chi connectivity index (χ1v) is 8.75. The van der Waals surface area contributed by atoms with Gasteiger partial charge in [-0.05, 0) is 31.6 Å². The van der Waals surface area contributed by atoms with Crippen LogP contribution in [0.15, 0.2) is 12.2 Å². The summed E-state index contributed by atoms with van der Waals surface area (Å²) in [6, 6.07) is 0.0310. The molecule has 4 atom stereocenters. The van der Waals surface area contributed by atoms with E-state index in [4.69, 9.17) is 4.74 Å². The van der Waals surface area contributed by atoms with Gasteiger partial charge in [-0.1, -0.05) is 31.4 Å². The first kappa shape index (κ1) is 14.9. The van der Waals surface area contributed by atoms with Crippen molar-refractivity contribution in [2.45, 2.75) is 51.0 Å². The zero-order valence-electron chi connectivity index (χ0n) is 13.5. The molecule has 5 heteroatoms. The van der Waals surface area contributed by atoms with Gasteiger partial charge in [-0.3, -0.25) is 19.3 Å². The van der Waals surface area contributed by atoms with E-state index in [9.17, 15) is 14.4 Å². The monoisotopic (exact) mass is 317 g/mol. The van der Waals surface area contributed by atoms with Crippen molar-refractivity contribution in [3.05, 3.63) is 12.2 Å². The number of imide groups is 1. The van der Waals surface area contributed by atoms with E-state index in [-0.39, 0.29) is 35.7 Å². The molecule has 1 aliphatic heterocycles. The number of allylic oxidation sites excluding steroid dienone is 1. The van der Waals surface area contributed by atoms with E-state index < -0.39 is 11.3 Å². The fourth-order valence-electron chi connectivity index (χ4n) is 5.31. The van der Waals surface area contributed by atoms with Crippen molar-refractivity contribution in [2.24, 2.45) is 23.2 Å². The van der Waals surface area contributed by atoms with Gasteiger partial charge >= 0.3 is 5.97 Å².